The molecule has 1 unspecified atom stereocenters. The van der Waals surface area contributed by atoms with Crippen molar-refractivity contribution in [3.8, 4) is 5.75 Å². The van der Waals surface area contributed by atoms with E-state index in [0.29, 0.717) is 38.0 Å². The molecule has 0 bridgehead atoms. The van der Waals surface area contributed by atoms with E-state index in [0.717, 1.165) is 23.3 Å². The van der Waals surface area contributed by atoms with Crippen LogP contribution in [0, 0.1) is 0 Å². The monoisotopic (exact) mass is 505 g/mol. The van der Waals surface area contributed by atoms with Gasteiger partial charge in [-0.1, -0.05) is 12.1 Å². The summed E-state index contributed by atoms with van der Waals surface area (Å²) >= 11 is 0. The molecule has 0 saturated carbocycles. The molecule has 1 aliphatic carbocycles. The van der Waals surface area contributed by atoms with Crippen molar-refractivity contribution in [1.82, 2.24) is 9.97 Å². The quantitative estimate of drug-likeness (QED) is 0.529. The summed E-state index contributed by atoms with van der Waals surface area (Å²) in [5.41, 5.74) is 1.56. The lowest BCUT2D eigenvalue weighted by atomic mass is 9.91. The number of halogens is 3. The Morgan fingerprint density at radius 3 is 2.51 bits per heavy atom. The molecular weight excluding hydrogens is 483 g/mol. The zero-order valence-electron chi connectivity index (χ0n) is 18.5. The molecule has 7 nitrogen and oxygen atoms in total. The minimum atomic E-state index is -4.49. The van der Waals surface area contributed by atoms with Crippen molar-refractivity contribution in [1.29, 1.82) is 0 Å². The molecule has 2 aliphatic rings. The second kappa shape index (κ2) is 9.12. The number of fused-ring (bicyclic) bond motifs is 1. The average molecular weight is 506 g/mol. The summed E-state index contributed by atoms with van der Waals surface area (Å²) in [5, 5.41) is 0. The summed E-state index contributed by atoms with van der Waals surface area (Å²) in [6.45, 7) is 0.834. The van der Waals surface area contributed by atoms with Gasteiger partial charge in [0.15, 0.2) is 0 Å². The molecule has 11 heteroatoms. The smallest absolute Gasteiger partial charge is 0.416 e. The molecule has 2 atom stereocenters. The Labute approximate surface area is 200 Å². The number of nitrogens with zero attached hydrogens (tertiary/aromatic N) is 2. The largest absolute Gasteiger partial charge is 0.488 e. The van der Waals surface area contributed by atoms with Crippen molar-refractivity contribution < 1.29 is 31.1 Å². The van der Waals surface area contributed by atoms with Crippen molar-refractivity contribution >= 4 is 16.0 Å². The number of nitrogens with one attached hydrogen (secondary N) is 1. The zero-order valence-corrected chi connectivity index (χ0v) is 19.3. The lowest BCUT2D eigenvalue weighted by Gasteiger charge is -2.21. The van der Waals surface area contributed by atoms with E-state index in [9.17, 15) is 21.6 Å². The molecular formula is C24H22F3N3O4S. The van der Waals surface area contributed by atoms with E-state index in [1.54, 1.807) is 18.2 Å². The summed E-state index contributed by atoms with van der Waals surface area (Å²) in [6, 6.07) is 9.95. The lowest BCUT2D eigenvalue weighted by molar-refractivity contribution is -0.137. The van der Waals surface area contributed by atoms with Gasteiger partial charge in [-0.05, 0) is 54.3 Å². The normalized spacial score (nSPS) is 20.0. The van der Waals surface area contributed by atoms with E-state index in [4.69, 9.17) is 9.47 Å². The Kier molecular flexibility index (Phi) is 6.14. The van der Waals surface area contributed by atoms with Crippen LogP contribution >= 0.6 is 0 Å². The van der Waals surface area contributed by atoms with Gasteiger partial charge in [0, 0.05) is 30.3 Å². The number of ether oxygens (including phenoxy) is 2. The van der Waals surface area contributed by atoms with Gasteiger partial charge in [0.1, 0.15) is 11.9 Å². The van der Waals surface area contributed by atoms with Crippen LogP contribution < -0.4 is 9.46 Å². The molecule has 1 fully saturated rings. The highest BCUT2D eigenvalue weighted by atomic mass is 32.2. The number of benzene rings is 2. The summed E-state index contributed by atoms with van der Waals surface area (Å²) in [5.74, 6) is -0.0622. The minimum Gasteiger partial charge on any atom is -0.488 e. The van der Waals surface area contributed by atoms with Crippen LogP contribution in [0.15, 0.2) is 59.8 Å². The number of sulfonamides is 1. The van der Waals surface area contributed by atoms with Gasteiger partial charge in [-0.2, -0.15) is 13.2 Å². The Morgan fingerprint density at radius 1 is 1.03 bits per heavy atom. The number of alkyl halides is 3. The second-order valence-corrected chi connectivity index (χ2v) is 10.2. The van der Waals surface area contributed by atoms with Gasteiger partial charge >= 0.3 is 6.18 Å². The Bertz CT molecular complexity index is 1330. The van der Waals surface area contributed by atoms with Crippen LogP contribution in [0.5, 0.6) is 5.75 Å². The van der Waals surface area contributed by atoms with Crippen LogP contribution in [0.4, 0.5) is 19.1 Å². The number of aromatic nitrogens is 2. The molecule has 0 radical (unpaired) electrons. The van der Waals surface area contributed by atoms with Gasteiger partial charge in [0.2, 0.25) is 5.95 Å². The molecule has 35 heavy (non-hydrogen) atoms. The van der Waals surface area contributed by atoms with Crippen LogP contribution in [-0.4, -0.2) is 37.7 Å². The van der Waals surface area contributed by atoms with Gasteiger partial charge in [-0.15, -0.1) is 0 Å². The third-order valence-corrected chi connectivity index (χ3v) is 7.52. The van der Waals surface area contributed by atoms with Crippen molar-refractivity contribution in [2.75, 3.05) is 17.9 Å². The molecule has 0 spiro atoms. The first-order valence-corrected chi connectivity index (χ1v) is 12.6. The summed E-state index contributed by atoms with van der Waals surface area (Å²) in [6.07, 6.45) is -0.128. The minimum absolute atomic E-state index is 0.0340. The van der Waals surface area contributed by atoms with Crippen molar-refractivity contribution in [3.63, 3.8) is 0 Å². The maximum atomic E-state index is 13.4. The molecule has 1 saturated heterocycles. The third kappa shape index (κ3) is 4.96. The summed E-state index contributed by atoms with van der Waals surface area (Å²) in [7, 11) is -3.90. The average Bonchev–Trinajstić information content (AvgIpc) is 3.48. The number of anilines is 1. The van der Waals surface area contributed by atoms with Gasteiger partial charge in [-0.25, -0.2) is 23.1 Å². The molecule has 2 heterocycles. The van der Waals surface area contributed by atoms with Gasteiger partial charge in [0.05, 0.1) is 23.7 Å². The van der Waals surface area contributed by atoms with E-state index in [2.05, 4.69) is 14.7 Å². The van der Waals surface area contributed by atoms with Crippen LogP contribution in [0.2, 0.25) is 0 Å². The fourth-order valence-electron chi connectivity index (χ4n) is 4.50. The van der Waals surface area contributed by atoms with Gasteiger partial charge < -0.3 is 9.47 Å². The van der Waals surface area contributed by atoms with Crippen LogP contribution in [-0.2, 0) is 27.4 Å². The SMILES string of the molecule is O=S(=O)(Nc1ncccn1)c1ccc2c(c1)CCC2c1ccc(C(F)(F)F)cc1O[C@H]1CCOC1. The topological polar surface area (TPSA) is 90.4 Å². The predicted molar refractivity (Wildman–Crippen MR) is 121 cm³/mol. The summed E-state index contributed by atoms with van der Waals surface area (Å²) < 4.78 is 79.4. The van der Waals surface area contributed by atoms with Crippen molar-refractivity contribution in [3.05, 3.63) is 77.1 Å². The first-order valence-electron chi connectivity index (χ1n) is 11.1. The number of hydrogen-bond acceptors (Lipinski definition) is 6. The van der Waals surface area contributed by atoms with E-state index >= 15 is 0 Å². The highest BCUT2D eigenvalue weighted by Crippen LogP contribution is 2.44. The maximum absolute atomic E-state index is 13.4. The molecule has 184 valence electrons. The maximum Gasteiger partial charge on any atom is 0.416 e. The number of rotatable bonds is 6. The molecule has 0 amide bonds. The van der Waals surface area contributed by atoms with Crippen LogP contribution in [0.1, 0.15) is 41.0 Å². The van der Waals surface area contributed by atoms with Crippen LogP contribution in [0.25, 0.3) is 0 Å². The standard InChI is InChI=1S/C24H22F3N3O4S/c25-24(26,27)16-3-6-21(22(13-16)34-17-8-11-33-14-17)20-5-2-15-12-18(4-7-19(15)20)35(31,32)30-23-28-9-1-10-29-23/h1,3-4,6-7,9-10,12-13,17,20H,2,5,8,11,14H2,(H,28,29,30)/t17-,20?/m0/s1. The van der Waals surface area contributed by atoms with Gasteiger partial charge in [-0.3, -0.25) is 0 Å². The van der Waals surface area contributed by atoms with Gasteiger partial charge in [0.25, 0.3) is 10.0 Å². The molecule has 2 aromatic carbocycles. The third-order valence-electron chi connectivity index (χ3n) is 6.19. The van der Waals surface area contributed by atoms with E-state index in [1.165, 1.54) is 24.5 Å². The van der Waals surface area contributed by atoms with E-state index in [-0.39, 0.29) is 28.6 Å². The number of hydrogen-bond donors (Lipinski definition) is 1. The Hall–Kier alpha value is -3.18. The molecule has 3 aromatic rings. The molecule has 1 aliphatic heterocycles. The van der Waals surface area contributed by atoms with E-state index in [1.807, 2.05) is 0 Å². The highest BCUT2D eigenvalue weighted by Gasteiger charge is 2.34. The first kappa shape index (κ1) is 23.6. The Morgan fingerprint density at radius 2 is 1.80 bits per heavy atom. The first-order chi connectivity index (χ1) is 16.7. The molecule has 1 N–H and O–H groups in total. The molecule has 1 aromatic heterocycles. The fraction of sp³-hybridized carbons (Fsp3) is 0.333. The predicted octanol–water partition coefficient (Wildman–Crippen LogP) is 4.54. The highest BCUT2D eigenvalue weighted by molar-refractivity contribution is 7.92. The second-order valence-electron chi connectivity index (χ2n) is 8.48. The van der Waals surface area contributed by atoms with E-state index < -0.39 is 21.8 Å². The number of aryl methyl sites for hydroxylation is 1. The summed E-state index contributed by atoms with van der Waals surface area (Å²) in [4.78, 5) is 7.84. The van der Waals surface area contributed by atoms with Crippen LogP contribution in [0.3, 0.4) is 0 Å². The molecule has 5 rings (SSSR count). The lowest BCUT2D eigenvalue weighted by Crippen LogP contribution is -2.18. The van der Waals surface area contributed by atoms with Crippen molar-refractivity contribution in [2.45, 2.75) is 42.4 Å². The fourth-order valence-corrected chi connectivity index (χ4v) is 5.51. The van der Waals surface area contributed by atoms with Crippen molar-refractivity contribution in [2.24, 2.45) is 0 Å². The zero-order chi connectivity index (χ0) is 24.6. The Balaban J connectivity index is 1.46.